The van der Waals surface area contributed by atoms with Crippen LogP contribution in [0.5, 0.6) is 11.5 Å². The average Bonchev–Trinajstić information content (AvgIpc) is 2.83. The van der Waals surface area contributed by atoms with Crippen LogP contribution in [-0.2, 0) is 0 Å². The number of hydrogen-bond donors (Lipinski definition) is 3. The molecule has 0 atom stereocenters. The van der Waals surface area contributed by atoms with Crippen LogP contribution in [0.3, 0.4) is 0 Å². The quantitative estimate of drug-likeness (QED) is 0.486. The van der Waals surface area contributed by atoms with Gasteiger partial charge in [-0.25, -0.2) is 5.48 Å². The molecule has 0 saturated carbocycles. The summed E-state index contributed by atoms with van der Waals surface area (Å²) in [6, 6.07) is 19.2. The molecule has 2 amide bonds. The van der Waals surface area contributed by atoms with E-state index in [1.807, 2.05) is 18.2 Å². The minimum atomic E-state index is -0.587. The molecule has 3 aromatic carbocycles. The average molecular weight is 346 g/mol. The third kappa shape index (κ3) is 2.68. The first-order valence-corrected chi connectivity index (χ1v) is 7.93. The van der Waals surface area contributed by atoms with Gasteiger partial charge in [0.15, 0.2) is 5.75 Å². The molecule has 0 aromatic heterocycles. The first kappa shape index (κ1) is 15.9. The Bertz CT molecular complexity index is 1010. The summed E-state index contributed by atoms with van der Waals surface area (Å²) < 4.78 is 5.93. The van der Waals surface area contributed by atoms with Crippen LogP contribution < -0.4 is 15.5 Å². The van der Waals surface area contributed by atoms with E-state index in [4.69, 9.17) is 9.94 Å². The second-order valence-corrected chi connectivity index (χ2v) is 5.75. The normalized spacial score (nSPS) is 12.1. The molecular formula is C20H14N2O4. The van der Waals surface area contributed by atoms with Crippen molar-refractivity contribution in [2.24, 2.45) is 0 Å². The highest BCUT2D eigenvalue weighted by atomic mass is 16.5. The standard InChI is InChI=1S/C20H14N2O4/c23-19(22-25)13-10-8-12(9-11-13)14-5-3-7-17-18(14)21-20(24)15-4-1-2-6-16(15)26-17/h1-11,25H,(H,21,24)(H,22,23). The Kier molecular flexibility index (Phi) is 3.87. The number of hydroxylamine groups is 1. The Hall–Kier alpha value is -3.64. The molecule has 0 saturated heterocycles. The van der Waals surface area contributed by atoms with Crippen molar-refractivity contribution in [2.75, 3.05) is 5.32 Å². The smallest absolute Gasteiger partial charge is 0.274 e. The zero-order valence-electron chi connectivity index (χ0n) is 13.5. The Balaban J connectivity index is 1.78. The van der Waals surface area contributed by atoms with Gasteiger partial charge in [-0.1, -0.05) is 36.4 Å². The maximum atomic E-state index is 12.6. The Morgan fingerprint density at radius 3 is 2.35 bits per heavy atom. The highest BCUT2D eigenvalue weighted by molar-refractivity contribution is 6.10. The molecular weight excluding hydrogens is 332 g/mol. The molecule has 0 radical (unpaired) electrons. The minimum absolute atomic E-state index is 0.247. The summed E-state index contributed by atoms with van der Waals surface area (Å²) in [4.78, 5) is 24.0. The highest BCUT2D eigenvalue weighted by Gasteiger charge is 2.22. The van der Waals surface area contributed by atoms with Crippen molar-refractivity contribution >= 4 is 17.5 Å². The molecule has 0 bridgehead atoms. The van der Waals surface area contributed by atoms with Crippen molar-refractivity contribution in [2.45, 2.75) is 0 Å². The van der Waals surface area contributed by atoms with Gasteiger partial charge in [-0.05, 0) is 35.9 Å². The van der Waals surface area contributed by atoms with E-state index in [0.717, 1.165) is 11.1 Å². The number of carbonyl (C=O) groups is 2. The molecule has 0 unspecified atom stereocenters. The zero-order chi connectivity index (χ0) is 18.1. The first-order valence-electron chi connectivity index (χ1n) is 7.93. The molecule has 1 aliphatic heterocycles. The summed E-state index contributed by atoms with van der Waals surface area (Å²) >= 11 is 0. The van der Waals surface area contributed by atoms with Crippen LogP contribution in [0.25, 0.3) is 11.1 Å². The number of nitrogens with one attached hydrogen (secondary N) is 2. The van der Waals surface area contributed by atoms with Crippen molar-refractivity contribution in [3.63, 3.8) is 0 Å². The van der Waals surface area contributed by atoms with Crippen molar-refractivity contribution in [1.29, 1.82) is 0 Å². The molecule has 3 N–H and O–H groups in total. The monoisotopic (exact) mass is 346 g/mol. The zero-order valence-corrected chi connectivity index (χ0v) is 13.5. The molecule has 6 heteroatoms. The summed E-state index contributed by atoms with van der Waals surface area (Å²) in [6.45, 7) is 0. The fourth-order valence-corrected chi connectivity index (χ4v) is 2.89. The van der Waals surface area contributed by atoms with Crippen LogP contribution in [0.15, 0.2) is 66.7 Å². The van der Waals surface area contributed by atoms with Gasteiger partial charge in [0.2, 0.25) is 0 Å². The summed E-state index contributed by atoms with van der Waals surface area (Å²) in [5.41, 5.74) is 4.51. The third-order valence-corrected chi connectivity index (χ3v) is 4.18. The number of anilines is 1. The lowest BCUT2D eigenvalue weighted by molar-refractivity contribution is 0.0706. The van der Waals surface area contributed by atoms with Crippen LogP contribution in [-0.4, -0.2) is 17.0 Å². The maximum absolute atomic E-state index is 12.6. The molecule has 128 valence electrons. The van der Waals surface area contributed by atoms with E-state index in [9.17, 15) is 9.59 Å². The third-order valence-electron chi connectivity index (χ3n) is 4.18. The van der Waals surface area contributed by atoms with Gasteiger partial charge >= 0.3 is 0 Å². The molecule has 0 spiro atoms. The van der Waals surface area contributed by atoms with E-state index in [-0.39, 0.29) is 5.91 Å². The fourth-order valence-electron chi connectivity index (χ4n) is 2.89. The Morgan fingerprint density at radius 2 is 1.58 bits per heavy atom. The van der Waals surface area contributed by atoms with E-state index in [1.54, 1.807) is 54.0 Å². The lowest BCUT2D eigenvalue weighted by atomic mass is 10.0. The van der Waals surface area contributed by atoms with Crippen LogP contribution >= 0.6 is 0 Å². The van der Waals surface area contributed by atoms with Crippen molar-refractivity contribution in [1.82, 2.24) is 5.48 Å². The lowest BCUT2D eigenvalue weighted by Gasteiger charge is -2.13. The summed E-state index contributed by atoms with van der Waals surface area (Å²) in [5, 5.41) is 11.6. The summed E-state index contributed by atoms with van der Waals surface area (Å²) in [7, 11) is 0. The van der Waals surface area contributed by atoms with E-state index >= 15 is 0 Å². The summed E-state index contributed by atoms with van der Waals surface area (Å²) in [5.74, 6) is 0.201. The van der Waals surface area contributed by atoms with Crippen LogP contribution in [0.4, 0.5) is 5.69 Å². The van der Waals surface area contributed by atoms with Gasteiger partial charge in [-0.2, -0.15) is 0 Å². The highest BCUT2D eigenvalue weighted by Crippen LogP contribution is 2.41. The van der Waals surface area contributed by atoms with Crippen molar-refractivity contribution in [3.8, 4) is 22.6 Å². The van der Waals surface area contributed by atoms with Crippen LogP contribution in [0.1, 0.15) is 20.7 Å². The molecule has 1 heterocycles. The second kappa shape index (κ2) is 6.34. The number of fused-ring (bicyclic) bond motifs is 2. The largest absolute Gasteiger partial charge is 0.454 e. The number of hydrogen-bond acceptors (Lipinski definition) is 4. The van der Waals surface area contributed by atoms with Gasteiger partial charge < -0.3 is 10.1 Å². The van der Waals surface area contributed by atoms with Gasteiger partial charge in [0, 0.05) is 11.1 Å². The Morgan fingerprint density at radius 1 is 0.885 bits per heavy atom. The second-order valence-electron chi connectivity index (χ2n) is 5.75. The van der Waals surface area contributed by atoms with Crippen LogP contribution in [0.2, 0.25) is 0 Å². The van der Waals surface area contributed by atoms with Gasteiger partial charge in [-0.3, -0.25) is 14.8 Å². The number of carbonyl (C=O) groups excluding carboxylic acids is 2. The first-order chi connectivity index (χ1) is 12.7. The van der Waals surface area contributed by atoms with Crippen molar-refractivity contribution < 1.29 is 19.5 Å². The topological polar surface area (TPSA) is 87.7 Å². The van der Waals surface area contributed by atoms with E-state index in [2.05, 4.69) is 5.32 Å². The molecule has 0 aliphatic carbocycles. The number of ether oxygens (including phenoxy) is 1. The summed E-state index contributed by atoms with van der Waals surface area (Å²) in [6.07, 6.45) is 0. The number of para-hydroxylation sites is 2. The Labute approximate surface area is 149 Å². The number of amides is 2. The predicted octanol–water partition coefficient (Wildman–Crippen LogP) is 3.83. The molecule has 3 aromatic rings. The van der Waals surface area contributed by atoms with Gasteiger partial charge in [0.1, 0.15) is 5.75 Å². The van der Waals surface area contributed by atoms with Crippen molar-refractivity contribution in [3.05, 3.63) is 77.9 Å². The number of rotatable bonds is 2. The molecule has 6 nitrogen and oxygen atoms in total. The lowest BCUT2D eigenvalue weighted by Crippen LogP contribution is -2.18. The SMILES string of the molecule is O=C(NO)c1ccc(-c2cccc3c2NC(=O)c2ccccc2O3)cc1. The minimum Gasteiger partial charge on any atom is -0.454 e. The van der Waals surface area contributed by atoms with E-state index in [0.29, 0.717) is 28.3 Å². The molecule has 4 rings (SSSR count). The maximum Gasteiger partial charge on any atom is 0.274 e. The van der Waals surface area contributed by atoms with Gasteiger partial charge in [-0.15, -0.1) is 0 Å². The molecule has 0 fully saturated rings. The fraction of sp³-hybridized carbons (Fsp3) is 0. The van der Waals surface area contributed by atoms with Gasteiger partial charge in [0.05, 0.1) is 11.3 Å². The van der Waals surface area contributed by atoms with Crippen LogP contribution in [0, 0.1) is 0 Å². The number of benzene rings is 3. The molecule has 26 heavy (non-hydrogen) atoms. The van der Waals surface area contributed by atoms with E-state index in [1.165, 1.54) is 0 Å². The predicted molar refractivity (Wildman–Crippen MR) is 95.6 cm³/mol. The van der Waals surface area contributed by atoms with Gasteiger partial charge in [0.25, 0.3) is 11.8 Å². The van der Waals surface area contributed by atoms with E-state index < -0.39 is 5.91 Å². The molecule has 1 aliphatic rings.